The van der Waals surface area contributed by atoms with Crippen molar-refractivity contribution in [2.75, 3.05) is 0 Å². The number of fused-ring (bicyclic) bond motifs is 1. The van der Waals surface area contributed by atoms with Gasteiger partial charge < -0.3 is 15.4 Å². The number of rotatable bonds is 2. The van der Waals surface area contributed by atoms with Crippen molar-refractivity contribution in [2.45, 2.75) is 30.4 Å². The zero-order chi connectivity index (χ0) is 15.1. The molecule has 0 bridgehead atoms. The number of carbonyl (C=O) groups is 1. The van der Waals surface area contributed by atoms with Crippen molar-refractivity contribution in [1.29, 1.82) is 0 Å². The molecular formula is C15H17NO3S. The maximum absolute atomic E-state index is 12.6. The second kappa shape index (κ2) is 5.00. The third-order valence-electron chi connectivity index (χ3n) is 2.99. The SMILES string of the molecule is CC(C)(C)[S+]([O-])c1cc2ccccc2c(O)c1C(N)=O. The van der Waals surface area contributed by atoms with E-state index < -0.39 is 21.8 Å². The van der Waals surface area contributed by atoms with Crippen LogP contribution >= 0.6 is 0 Å². The molecule has 0 saturated heterocycles. The van der Waals surface area contributed by atoms with Crippen LogP contribution < -0.4 is 5.73 Å². The number of benzene rings is 2. The Balaban J connectivity index is 2.82. The first-order valence-corrected chi connectivity index (χ1v) is 7.35. The quantitative estimate of drug-likeness (QED) is 0.834. The van der Waals surface area contributed by atoms with Gasteiger partial charge in [0.15, 0.2) is 4.90 Å². The van der Waals surface area contributed by atoms with Gasteiger partial charge in [0.05, 0.1) is 0 Å². The number of primary amides is 1. The predicted octanol–water partition coefficient (Wildman–Crippen LogP) is 2.55. The van der Waals surface area contributed by atoms with E-state index in [0.29, 0.717) is 5.39 Å². The molecule has 0 aromatic heterocycles. The summed E-state index contributed by atoms with van der Waals surface area (Å²) in [6, 6.07) is 8.73. The van der Waals surface area contributed by atoms with E-state index in [1.54, 1.807) is 45.0 Å². The summed E-state index contributed by atoms with van der Waals surface area (Å²) in [5.74, 6) is -0.982. The highest BCUT2D eigenvalue weighted by molar-refractivity contribution is 7.92. The van der Waals surface area contributed by atoms with Gasteiger partial charge in [-0.15, -0.1) is 0 Å². The summed E-state index contributed by atoms with van der Waals surface area (Å²) in [6.45, 7) is 5.42. The lowest BCUT2D eigenvalue weighted by Crippen LogP contribution is -2.30. The van der Waals surface area contributed by atoms with E-state index in [4.69, 9.17) is 5.73 Å². The lowest BCUT2D eigenvalue weighted by Gasteiger charge is -2.25. The van der Waals surface area contributed by atoms with Gasteiger partial charge >= 0.3 is 0 Å². The van der Waals surface area contributed by atoms with E-state index in [1.807, 2.05) is 6.07 Å². The van der Waals surface area contributed by atoms with Gasteiger partial charge in [0.25, 0.3) is 5.91 Å². The number of phenols is 1. The fourth-order valence-corrected chi connectivity index (χ4v) is 3.29. The molecule has 0 radical (unpaired) electrons. The van der Waals surface area contributed by atoms with Crippen molar-refractivity contribution in [1.82, 2.24) is 0 Å². The van der Waals surface area contributed by atoms with Crippen LogP contribution in [-0.2, 0) is 11.2 Å². The van der Waals surface area contributed by atoms with Crippen LogP contribution in [0, 0.1) is 0 Å². The van der Waals surface area contributed by atoms with Gasteiger partial charge in [0, 0.05) is 11.5 Å². The van der Waals surface area contributed by atoms with Crippen LogP contribution in [0.15, 0.2) is 35.2 Å². The van der Waals surface area contributed by atoms with Gasteiger partial charge in [0.1, 0.15) is 16.1 Å². The lowest BCUT2D eigenvalue weighted by molar-refractivity contribution is 0.0995. The number of amides is 1. The van der Waals surface area contributed by atoms with Gasteiger partial charge in [-0.1, -0.05) is 24.3 Å². The zero-order valence-electron chi connectivity index (χ0n) is 11.6. The molecule has 1 atom stereocenters. The molecule has 0 aliphatic rings. The molecule has 0 aliphatic carbocycles. The fourth-order valence-electron chi connectivity index (χ4n) is 2.02. The van der Waals surface area contributed by atoms with E-state index in [2.05, 4.69) is 0 Å². The standard InChI is InChI=1S/C15H17NO3S/c1-15(2,3)20(19)11-8-9-6-4-5-7-10(9)13(17)12(11)14(16)18/h4-8,17H,1-3H3,(H2,16,18). The fraction of sp³-hybridized carbons (Fsp3) is 0.267. The van der Waals surface area contributed by atoms with Crippen LogP contribution in [0.3, 0.4) is 0 Å². The topological polar surface area (TPSA) is 86.4 Å². The van der Waals surface area contributed by atoms with Crippen LogP contribution in [0.1, 0.15) is 31.1 Å². The van der Waals surface area contributed by atoms with E-state index in [9.17, 15) is 14.5 Å². The molecule has 1 amide bonds. The van der Waals surface area contributed by atoms with E-state index in [0.717, 1.165) is 5.39 Å². The molecule has 0 heterocycles. The molecule has 1 unspecified atom stereocenters. The largest absolute Gasteiger partial charge is 0.611 e. The highest BCUT2D eigenvalue weighted by Gasteiger charge is 2.34. The van der Waals surface area contributed by atoms with Gasteiger partial charge in [-0.3, -0.25) is 4.79 Å². The Morgan fingerprint density at radius 2 is 1.90 bits per heavy atom. The smallest absolute Gasteiger partial charge is 0.257 e. The summed E-state index contributed by atoms with van der Waals surface area (Å²) >= 11 is -1.46. The molecule has 3 N–H and O–H groups in total. The maximum Gasteiger partial charge on any atom is 0.257 e. The Kier molecular flexibility index (Phi) is 3.67. The van der Waals surface area contributed by atoms with Crippen LogP contribution in [0.2, 0.25) is 0 Å². The van der Waals surface area contributed by atoms with Crippen molar-refractivity contribution in [3.8, 4) is 5.75 Å². The van der Waals surface area contributed by atoms with E-state index in [1.165, 1.54) is 0 Å². The van der Waals surface area contributed by atoms with Crippen LogP contribution in [0.5, 0.6) is 5.75 Å². The molecule has 106 valence electrons. The Bertz CT molecular complexity index is 677. The Morgan fingerprint density at radius 1 is 1.30 bits per heavy atom. The summed E-state index contributed by atoms with van der Waals surface area (Å²) in [6.07, 6.45) is 0. The number of hydrogen-bond acceptors (Lipinski definition) is 3. The number of carbonyl (C=O) groups excluding carboxylic acids is 1. The zero-order valence-corrected chi connectivity index (χ0v) is 12.5. The molecule has 2 rings (SSSR count). The predicted molar refractivity (Wildman–Crippen MR) is 80.3 cm³/mol. The summed E-state index contributed by atoms with van der Waals surface area (Å²) < 4.78 is 12.0. The van der Waals surface area contributed by atoms with Gasteiger partial charge in [0.2, 0.25) is 0 Å². The highest BCUT2D eigenvalue weighted by Crippen LogP contribution is 2.37. The first-order valence-electron chi connectivity index (χ1n) is 6.20. The first kappa shape index (κ1) is 14.7. The third-order valence-corrected chi connectivity index (χ3v) is 4.82. The van der Waals surface area contributed by atoms with Crippen molar-refractivity contribution in [2.24, 2.45) is 5.73 Å². The molecule has 0 aliphatic heterocycles. The van der Waals surface area contributed by atoms with Crippen molar-refractivity contribution < 1.29 is 14.5 Å². The normalized spacial score (nSPS) is 13.4. The molecular weight excluding hydrogens is 274 g/mol. The summed E-state index contributed by atoms with van der Waals surface area (Å²) in [7, 11) is 0. The lowest BCUT2D eigenvalue weighted by atomic mass is 10.0. The minimum absolute atomic E-state index is 0.0584. The summed E-state index contributed by atoms with van der Waals surface area (Å²) in [5, 5.41) is 11.5. The third kappa shape index (κ3) is 2.46. The second-order valence-corrected chi connectivity index (χ2v) is 7.77. The van der Waals surface area contributed by atoms with Crippen molar-refractivity contribution in [3.63, 3.8) is 0 Å². The second-order valence-electron chi connectivity index (χ2n) is 5.56. The minimum atomic E-state index is -1.46. The molecule has 2 aromatic carbocycles. The molecule has 5 heteroatoms. The number of aromatic hydroxyl groups is 1. The summed E-state index contributed by atoms with van der Waals surface area (Å²) in [4.78, 5) is 11.9. The van der Waals surface area contributed by atoms with E-state index >= 15 is 0 Å². The molecule has 20 heavy (non-hydrogen) atoms. The molecule has 4 nitrogen and oxygen atoms in total. The Labute approximate surface area is 120 Å². The molecule has 0 fully saturated rings. The monoisotopic (exact) mass is 291 g/mol. The van der Waals surface area contributed by atoms with E-state index in [-0.39, 0.29) is 16.2 Å². The first-order chi connectivity index (χ1) is 9.23. The number of hydrogen-bond donors (Lipinski definition) is 2. The summed E-state index contributed by atoms with van der Waals surface area (Å²) in [5.41, 5.74) is 5.30. The van der Waals surface area contributed by atoms with Crippen LogP contribution in [0.4, 0.5) is 0 Å². The van der Waals surface area contributed by atoms with Crippen molar-refractivity contribution in [3.05, 3.63) is 35.9 Å². The van der Waals surface area contributed by atoms with Gasteiger partial charge in [-0.25, -0.2) is 0 Å². The average molecular weight is 291 g/mol. The highest BCUT2D eigenvalue weighted by atomic mass is 32.2. The molecule has 0 saturated carbocycles. The van der Waals surface area contributed by atoms with Crippen LogP contribution in [0.25, 0.3) is 10.8 Å². The molecule has 2 aromatic rings. The number of nitrogens with two attached hydrogens (primary N) is 1. The van der Waals surface area contributed by atoms with Crippen molar-refractivity contribution >= 4 is 27.9 Å². The van der Waals surface area contributed by atoms with Crippen LogP contribution in [-0.4, -0.2) is 20.3 Å². The van der Waals surface area contributed by atoms with Gasteiger partial charge in [-0.05, 0) is 37.3 Å². The molecule has 0 spiro atoms. The minimum Gasteiger partial charge on any atom is -0.611 e. The average Bonchev–Trinajstić information content (AvgIpc) is 2.36. The Morgan fingerprint density at radius 3 is 2.45 bits per heavy atom. The Hall–Kier alpha value is -1.72. The maximum atomic E-state index is 12.6. The van der Waals surface area contributed by atoms with Gasteiger partial charge in [-0.2, -0.15) is 0 Å².